The summed E-state index contributed by atoms with van der Waals surface area (Å²) in [5.74, 6) is -0.596. The highest BCUT2D eigenvalue weighted by atomic mass is 19.4. The summed E-state index contributed by atoms with van der Waals surface area (Å²) in [5.41, 5.74) is -1.59. The van der Waals surface area contributed by atoms with Crippen molar-refractivity contribution >= 4 is 17.5 Å². The molecule has 0 saturated carbocycles. The zero-order valence-electron chi connectivity index (χ0n) is 20.4. The first-order valence-electron chi connectivity index (χ1n) is 11.8. The number of hydrogen-bond donors (Lipinski definition) is 0. The van der Waals surface area contributed by atoms with Gasteiger partial charge in [0, 0.05) is 45.1 Å². The zero-order chi connectivity index (χ0) is 27.5. The molecule has 2 aliphatic rings. The molecule has 1 amide bonds. The van der Waals surface area contributed by atoms with Gasteiger partial charge >= 0.3 is 12.4 Å². The van der Waals surface area contributed by atoms with Crippen molar-refractivity contribution in [2.75, 3.05) is 62.8 Å². The molecule has 0 aromatic carbocycles. The molecule has 0 aliphatic carbocycles. The van der Waals surface area contributed by atoms with Crippen LogP contribution in [0.4, 0.5) is 38.0 Å². The van der Waals surface area contributed by atoms with Gasteiger partial charge in [0.2, 0.25) is 17.7 Å². The Kier molecular flexibility index (Phi) is 8.13. The molecule has 2 aromatic rings. The first-order valence-corrected chi connectivity index (χ1v) is 11.8. The number of piperazine rings is 1. The first kappa shape index (κ1) is 27.7. The van der Waals surface area contributed by atoms with E-state index in [9.17, 15) is 31.1 Å². The number of pyridine rings is 1. The van der Waals surface area contributed by atoms with Crippen LogP contribution in [-0.2, 0) is 21.9 Å². The van der Waals surface area contributed by atoms with E-state index in [-0.39, 0.29) is 31.1 Å². The van der Waals surface area contributed by atoms with Gasteiger partial charge in [-0.15, -0.1) is 0 Å². The number of ether oxygens (including phenoxy) is 2. The number of hydrogen-bond acceptors (Lipinski definition) is 8. The zero-order valence-corrected chi connectivity index (χ0v) is 20.4. The topological polar surface area (TPSA) is 83.9 Å². The molecule has 208 valence electrons. The van der Waals surface area contributed by atoms with Crippen LogP contribution in [0.15, 0.2) is 24.7 Å². The molecule has 0 radical (unpaired) electrons. The number of alkyl halides is 6. The molecule has 4 heterocycles. The average molecular weight is 548 g/mol. The maximum atomic E-state index is 13.4. The standard InChI is InChI=1S/C23H26F6N6O3/c1-37-20-18(23(27,28)29)9-17(12-30-20)35-4-2-3-16(35)13-38-14-19(36)33-5-7-34(8-6-33)21-31-10-15(11-32-21)22(24,25)26/h9-12,16H,2-8,13-14H2,1H3. The largest absolute Gasteiger partial charge is 0.481 e. The molecule has 2 saturated heterocycles. The van der Waals surface area contributed by atoms with Gasteiger partial charge in [-0.05, 0) is 18.9 Å². The highest BCUT2D eigenvalue weighted by Crippen LogP contribution is 2.38. The second-order valence-electron chi connectivity index (χ2n) is 8.89. The fourth-order valence-electron chi connectivity index (χ4n) is 4.47. The van der Waals surface area contributed by atoms with E-state index in [0.717, 1.165) is 32.0 Å². The second-order valence-corrected chi connectivity index (χ2v) is 8.89. The van der Waals surface area contributed by atoms with Crippen LogP contribution in [0, 0.1) is 0 Å². The van der Waals surface area contributed by atoms with E-state index < -0.39 is 29.4 Å². The Morgan fingerprint density at radius 3 is 2.26 bits per heavy atom. The summed E-state index contributed by atoms with van der Waals surface area (Å²) in [7, 11) is 1.13. The fraction of sp³-hybridized carbons (Fsp3) is 0.565. The highest BCUT2D eigenvalue weighted by molar-refractivity contribution is 5.77. The van der Waals surface area contributed by atoms with Crippen LogP contribution in [0.3, 0.4) is 0 Å². The van der Waals surface area contributed by atoms with Gasteiger partial charge in [-0.1, -0.05) is 0 Å². The molecule has 0 spiro atoms. The molecule has 1 unspecified atom stereocenters. The number of rotatable bonds is 7. The lowest BCUT2D eigenvalue weighted by atomic mass is 10.2. The third-order valence-electron chi connectivity index (χ3n) is 6.46. The molecule has 2 aromatic heterocycles. The minimum Gasteiger partial charge on any atom is -0.481 e. The van der Waals surface area contributed by atoms with Gasteiger partial charge in [0.25, 0.3) is 0 Å². The van der Waals surface area contributed by atoms with E-state index >= 15 is 0 Å². The molecule has 9 nitrogen and oxygen atoms in total. The van der Waals surface area contributed by atoms with E-state index in [2.05, 4.69) is 15.0 Å². The summed E-state index contributed by atoms with van der Waals surface area (Å²) in [4.78, 5) is 29.0. The quantitative estimate of drug-likeness (QED) is 0.488. The lowest BCUT2D eigenvalue weighted by molar-refractivity contribution is -0.139. The number of halogens is 6. The van der Waals surface area contributed by atoms with E-state index in [1.165, 1.54) is 6.20 Å². The SMILES string of the molecule is COc1ncc(N2CCCC2COCC(=O)N2CCN(c3ncc(C(F)(F)F)cn3)CC2)cc1C(F)(F)F. The van der Waals surface area contributed by atoms with Crippen LogP contribution in [0.2, 0.25) is 0 Å². The Hall–Kier alpha value is -3.36. The van der Waals surface area contributed by atoms with E-state index in [1.54, 1.807) is 14.7 Å². The predicted octanol–water partition coefficient (Wildman–Crippen LogP) is 3.25. The Bertz CT molecular complexity index is 1110. The maximum absolute atomic E-state index is 13.4. The van der Waals surface area contributed by atoms with Crippen molar-refractivity contribution in [1.82, 2.24) is 19.9 Å². The van der Waals surface area contributed by atoms with Crippen LogP contribution >= 0.6 is 0 Å². The molecule has 2 aliphatic heterocycles. The van der Waals surface area contributed by atoms with Gasteiger partial charge in [-0.3, -0.25) is 4.79 Å². The fourth-order valence-corrected chi connectivity index (χ4v) is 4.47. The van der Waals surface area contributed by atoms with Crippen molar-refractivity contribution in [2.24, 2.45) is 0 Å². The summed E-state index contributed by atoms with van der Waals surface area (Å²) in [6, 6.07) is 0.794. The van der Waals surface area contributed by atoms with Crippen LogP contribution in [0.25, 0.3) is 0 Å². The minimum absolute atomic E-state index is 0.151. The van der Waals surface area contributed by atoms with Crippen molar-refractivity contribution in [3.8, 4) is 5.88 Å². The lowest BCUT2D eigenvalue weighted by Crippen LogP contribution is -2.50. The van der Waals surface area contributed by atoms with Gasteiger partial charge in [-0.25, -0.2) is 15.0 Å². The summed E-state index contributed by atoms with van der Waals surface area (Å²) in [6.07, 6.45) is -4.90. The first-order chi connectivity index (χ1) is 18.0. The maximum Gasteiger partial charge on any atom is 0.421 e. The number of methoxy groups -OCH3 is 1. The Balaban J connectivity index is 1.26. The second kappa shape index (κ2) is 11.2. The monoisotopic (exact) mass is 548 g/mol. The number of anilines is 2. The van der Waals surface area contributed by atoms with E-state index in [1.807, 2.05) is 0 Å². The van der Waals surface area contributed by atoms with Crippen molar-refractivity contribution < 1.29 is 40.6 Å². The number of carbonyl (C=O) groups is 1. The van der Waals surface area contributed by atoms with Crippen LogP contribution in [0.1, 0.15) is 24.0 Å². The van der Waals surface area contributed by atoms with Gasteiger partial charge in [-0.2, -0.15) is 26.3 Å². The lowest BCUT2D eigenvalue weighted by Gasteiger charge is -2.35. The van der Waals surface area contributed by atoms with Gasteiger partial charge in [0.05, 0.1) is 37.2 Å². The van der Waals surface area contributed by atoms with Gasteiger partial charge in [0.15, 0.2) is 0 Å². The average Bonchev–Trinajstić information content (AvgIpc) is 3.36. The van der Waals surface area contributed by atoms with E-state index in [4.69, 9.17) is 9.47 Å². The van der Waals surface area contributed by atoms with E-state index in [0.29, 0.717) is 44.8 Å². The number of amides is 1. The smallest absolute Gasteiger partial charge is 0.421 e. The summed E-state index contributed by atoms with van der Waals surface area (Å²) < 4.78 is 88.6. The third kappa shape index (κ3) is 6.37. The van der Waals surface area contributed by atoms with Gasteiger partial charge < -0.3 is 24.2 Å². The Labute approximate surface area is 214 Å². The highest BCUT2D eigenvalue weighted by Gasteiger charge is 2.37. The molecule has 38 heavy (non-hydrogen) atoms. The molecule has 4 rings (SSSR count). The third-order valence-corrected chi connectivity index (χ3v) is 6.46. The molecule has 2 fully saturated rings. The number of carbonyl (C=O) groups excluding carboxylic acids is 1. The number of nitrogens with zero attached hydrogens (tertiary/aromatic N) is 6. The molecular weight excluding hydrogens is 522 g/mol. The summed E-state index contributed by atoms with van der Waals surface area (Å²) in [6.45, 7) is 1.81. The van der Waals surface area contributed by atoms with Crippen LogP contribution < -0.4 is 14.5 Å². The van der Waals surface area contributed by atoms with Gasteiger partial charge in [0.1, 0.15) is 12.2 Å². The molecule has 0 bridgehead atoms. The normalized spacial score (nSPS) is 18.7. The molecule has 15 heteroatoms. The minimum atomic E-state index is -4.62. The predicted molar refractivity (Wildman–Crippen MR) is 123 cm³/mol. The van der Waals surface area contributed by atoms with Crippen molar-refractivity contribution in [3.05, 3.63) is 35.8 Å². The molecular formula is C23H26F6N6O3. The summed E-state index contributed by atoms with van der Waals surface area (Å²) in [5, 5.41) is 0. The molecule has 0 N–H and O–H groups in total. The summed E-state index contributed by atoms with van der Waals surface area (Å²) >= 11 is 0. The number of aromatic nitrogens is 3. The Morgan fingerprint density at radius 2 is 1.66 bits per heavy atom. The molecule has 1 atom stereocenters. The Morgan fingerprint density at radius 1 is 0.974 bits per heavy atom. The van der Waals surface area contributed by atoms with Crippen LogP contribution in [0.5, 0.6) is 5.88 Å². The van der Waals surface area contributed by atoms with Crippen LogP contribution in [-0.4, -0.2) is 84.8 Å². The van der Waals surface area contributed by atoms with Crippen molar-refractivity contribution in [1.29, 1.82) is 0 Å². The van der Waals surface area contributed by atoms with Crippen molar-refractivity contribution in [2.45, 2.75) is 31.2 Å². The van der Waals surface area contributed by atoms with Crippen molar-refractivity contribution in [3.63, 3.8) is 0 Å².